The molecule has 0 aromatic carbocycles. The van der Waals surface area contributed by atoms with Crippen LogP contribution in [0.2, 0.25) is 0 Å². The summed E-state index contributed by atoms with van der Waals surface area (Å²) in [4.78, 5) is 59.6. The Balaban J connectivity index is 2.44. The van der Waals surface area contributed by atoms with E-state index < -0.39 is 41.6 Å². The van der Waals surface area contributed by atoms with Crippen LogP contribution in [0.25, 0.3) is 0 Å². The minimum absolute atomic E-state index is 0.0637. The van der Waals surface area contributed by atoms with Gasteiger partial charge in [-0.25, -0.2) is 14.4 Å². The summed E-state index contributed by atoms with van der Waals surface area (Å²) in [5, 5.41) is 0.807. The molecule has 146 valence electrons. The van der Waals surface area contributed by atoms with Crippen LogP contribution < -0.4 is 0 Å². The van der Waals surface area contributed by atoms with Gasteiger partial charge in [0.2, 0.25) is 0 Å². The molecule has 10 nitrogen and oxygen atoms in total. The standard InChI is InChI=1S/C16H23NO9/c1-5-23-14(20)12-10(7-9(3)18)16(15(21)24-6-2)8-11(13(19)22-4)25-17(16)26-12/h10-12H,5-8H2,1-4H3/t10-,11-,12-,16+/m0/s1. The smallest absolute Gasteiger partial charge is 0.337 e. The number of rotatable bonds is 7. The number of fused-ring (bicyclic) bond motifs is 1. The lowest BCUT2D eigenvalue weighted by atomic mass is 9.75. The molecule has 0 spiro atoms. The summed E-state index contributed by atoms with van der Waals surface area (Å²) in [6.45, 7) is 4.74. The van der Waals surface area contributed by atoms with Gasteiger partial charge in [-0.15, -0.1) is 0 Å². The highest BCUT2D eigenvalue weighted by Crippen LogP contribution is 2.49. The van der Waals surface area contributed by atoms with E-state index in [-0.39, 0.29) is 31.8 Å². The SMILES string of the molecule is CCOC(=O)[C@H]1ON2O[C@H](C(=O)OC)C[C@]2(C(=O)OCC)[C@H]1CC(C)=O. The van der Waals surface area contributed by atoms with E-state index in [0.29, 0.717) is 0 Å². The molecule has 0 aromatic heterocycles. The molecule has 2 saturated heterocycles. The first-order chi connectivity index (χ1) is 12.3. The third-order valence-corrected chi connectivity index (χ3v) is 4.35. The summed E-state index contributed by atoms with van der Waals surface area (Å²) in [5.41, 5.74) is -1.63. The number of esters is 3. The van der Waals surface area contributed by atoms with Crippen LogP contribution in [0.4, 0.5) is 0 Å². The number of carbonyl (C=O) groups is 4. The number of ether oxygens (including phenoxy) is 3. The van der Waals surface area contributed by atoms with Crippen molar-refractivity contribution in [1.29, 1.82) is 0 Å². The number of hydrogen-bond donors (Lipinski definition) is 0. The van der Waals surface area contributed by atoms with E-state index >= 15 is 0 Å². The Labute approximate surface area is 150 Å². The van der Waals surface area contributed by atoms with Crippen molar-refractivity contribution >= 4 is 23.7 Å². The maximum absolute atomic E-state index is 12.8. The Morgan fingerprint density at radius 2 is 1.73 bits per heavy atom. The van der Waals surface area contributed by atoms with E-state index in [2.05, 4.69) is 4.74 Å². The molecule has 0 unspecified atom stereocenters. The van der Waals surface area contributed by atoms with Crippen molar-refractivity contribution in [3.63, 3.8) is 0 Å². The lowest BCUT2D eigenvalue weighted by molar-refractivity contribution is -0.362. The first kappa shape index (κ1) is 20.3. The van der Waals surface area contributed by atoms with E-state index in [4.69, 9.17) is 19.1 Å². The molecule has 0 aliphatic carbocycles. The van der Waals surface area contributed by atoms with Crippen molar-refractivity contribution in [3.8, 4) is 0 Å². The summed E-state index contributed by atoms with van der Waals surface area (Å²) in [6.07, 6.45) is -2.69. The van der Waals surface area contributed by atoms with Gasteiger partial charge in [0, 0.05) is 18.8 Å². The Hall–Kier alpha value is -2.04. The highest BCUT2D eigenvalue weighted by molar-refractivity contribution is 5.89. The van der Waals surface area contributed by atoms with Crippen molar-refractivity contribution in [2.24, 2.45) is 5.92 Å². The molecule has 0 bridgehead atoms. The molecule has 0 N–H and O–H groups in total. The van der Waals surface area contributed by atoms with Crippen molar-refractivity contribution in [2.75, 3.05) is 20.3 Å². The normalized spacial score (nSPS) is 30.5. The van der Waals surface area contributed by atoms with E-state index in [1.54, 1.807) is 13.8 Å². The zero-order valence-electron chi connectivity index (χ0n) is 15.2. The van der Waals surface area contributed by atoms with Gasteiger partial charge in [-0.3, -0.25) is 9.68 Å². The molecule has 2 heterocycles. The number of methoxy groups -OCH3 is 1. The Kier molecular flexibility index (Phi) is 6.32. The van der Waals surface area contributed by atoms with E-state index in [1.807, 2.05) is 0 Å². The quantitative estimate of drug-likeness (QED) is 0.443. The minimum Gasteiger partial charge on any atom is -0.467 e. The molecule has 2 aliphatic rings. The number of Topliss-reactive ketones (excluding diaryl/α,β-unsaturated/α-hetero) is 1. The Morgan fingerprint density at radius 3 is 2.27 bits per heavy atom. The molecular weight excluding hydrogens is 350 g/mol. The van der Waals surface area contributed by atoms with Crippen LogP contribution in [0.3, 0.4) is 0 Å². The minimum atomic E-state index is -1.63. The fourth-order valence-corrected chi connectivity index (χ4v) is 3.28. The summed E-state index contributed by atoms with van der Waals surface area (Å²) in [7, 11) is 1.18. The summed E-state index contributed by atoms with van der Waals surface area (Å²) >= 11 is 0. The average Bonchev–Trinajstić information content (AvgIpc) is 3.10. The highest BCUT2D eigenvalue weighted by atomic mass is 17.0. The maximum atomic E-state index is 12.8. The van der Waals surface area contributed by atoms with Crippen molar-refractivity contribution < 1.29 is 43.1 Å². The van der Waals surface area contributed by atoms with Crippen molar-refractivity contribution in [2.45, 2.75) is 51.4 Å². The van der Waals surface area contributed by atoms with Crippen LogP contribution >= 0.6 is 0 Å². The second kappa shape index (κ2) is 8.11. The van der Waals surface area contributed by atoms with E-state index in [1.165, 1.54) is 14.0 Å². The van der Waals surface area contributed by atoms with E-state index in [9.17, 15) is 19.2 Å². The number of hydrogen-bond acceptors (Lipinski definition) is 10. The van der Waals surface area contributed by atoms with Crippen LogP contribution in [0.15, 0.2) is 0 Å². The van der Waals surface area contributed by atoms with Gasteiger partial charge >= 0.3 is 17.9 Å². The fourth-order valence-electron chi connectivity index (χ4n) is 3.28. The molecule has 2 aliphatic heterocycles. The number of ketones is 1. The van der Waals surface area contributed by atoms with Gasteiger partial charge in [0.15, 0.2) is 17.7 Å². The molecule has 10 heteroatoms. The number of carbonyl (C=O) groups excluding carboxylic acids is 4. The molecule has 0 aromatic rings. The zero-order valence-corrected chi connectivity index (χ0v) is 15.2. The molecule has 2 fully saturated rings. The van der Waals surface area contributed by atoms with E-state index in [0.717, 1.165) is 5.23 Å². The lowest BCUT2D eigenvalue weighted by Crippen LogP contribution is -2.52. The lowest BCUT2D eigenvalue weighted by Gasteiger charge is -2.29. The van der Waals surface area contributed by atoms with Crippen LogP contribution in [-0.2, 0) is 43.1 Å². The van der Waals surface area contributed by atoms with Crippen LogP contribution in [-0.4, -0.2) is 67.0 Å². The molecule has 0 amide bonds. The second-order valence-corrected chi connectivity index (χ2v) is 6.01. The first-order valence-electron chi connectivity index (χ1n) is 8.36. The number of hydroxylamine groups is 2. The van der Waals surface area contributed by atoms with Gasteiger partial charge in [-0.1, -0.05) is 0 Å². The Bertz CT molecular complexity index is 592. The summed E-state index contributed by atoms with van der Waals surface area (Å²) in [5.74, 6) is -3.38. The van der Waals surface area contributed by atoms with Gasteiger partial charge in [0.25, 0.3) is 0 Å². The predicted octanol–water partition coefficient (Wildman–Crippen LogP) is -0.0606. The third kappa shape index (κ3) is 3.44. The third-order valence-electron chi connectivity index (χ3n) is 4.35. The van der Waals surface area contributed by atoms with Crippen molar-refractivity contribution in [1.82, 2.24) is 5.23 Å². The molecule has 0 saturated carbocycles. The molecule has 2 rings (SSSR count). The van der Waals surface area contributed by atoms with Gasteiger partial charge in [0.1, 0.15) is 5.78 Å². The van der Waals surface area contributed by atoms with Gasteiger partial charge in [-0.05, 0) is 26.0 Å². The molecule has 26 heavy (non-hydrogen) atoms. The van der Waals surface area contributed by atoms with Crippen molar-refractivity contribution in [3.05, 3.63) is 0 Å². The fraction of sp³-hybridized carbons (Fsp3) is 0.750. The molecular formula is C16H23NO9. The summed E-state index contributed by atoms with van der Waals surface area (Å²) < 4.78 is 14.8. The highest BCUT2D eigenvalue weighted by Gasteiger charge is 2.70. The predicted molar refractivity (Wildman–Crippen MR) is 83.0 cm³/mol. The van der Waals surface area contributed by atoms with Gasteiger partial charge in [-0.2, -0.15) is 0 Å². The summed E-state index contributed by atoms with van der Waals surface area (Å²) in [6, 6.07) is 0. The van der Waals surface area contributed by atoms with Crippen LogP contribution in [0.5, 0.6) is 0 Å². The Morgan fingerprint density at radius 1 is 1.08 bits per heavy atom. The largest absolute Gasteiger partial charge is 0.467 e. The molecule has 0 radical (unpaired) electrons. The van der Waals surface area contributed by atoms with Gasteiger partial charge in [0.05, 0.1) is 20.3 Å². The second-order valence-electron chi connectivity index (χ2n) is 6.01. The van der Waals surface area contributed by atoms with Crippen LogP contribution in [0.1, 0.15) is 33.6 Å². The maximum Gasteiger partial charge on any atom is 0.337 e. The topological polar surface area (TPSA) is 118 Å². The average molecular weight is 373 g/mol. The molecule has 4 atom stereocenters. The van der Waals surface area contributed by atoms with Crippen LogP contribution in [0, 0.1) is 5.92 Å². The number of nitrogens with zero attached hydrogens (tertiary/aromatic N) is 1. The monoisotopic (exact) mass is 373 g/mol. The zero-order chi connectivity index (χ0) is 19.5. The first-order valence-corrected chi connectivity index (χ1v) is 8.36. The van der Waals surface area contributed by atoms with Gasteiger partial charge < -0.3 is 19.0 Å².